The minimum Gasteiger partial charge on any atom is -0.497 e. The van der Waals surface area contributed by atoms with Crippen LogP contribution >= 0.6 is 0 Å². The molecule has 0 bridgehead atoms. The number of aliphatic hydroxyl groups excluding tert-OH is 1. The molecule has 0 aromatic heterocycles. The SMILES string of the molecule is CO.COc1ccc(C2CCCCC2NS(=O)(=O)C(C)C)cc1. The monoisotopic (exact) mass is 343 g/mol. The summed E-state index contributed by atoms with van der Waals surface area (Å²) in [6.07, 6.45) is 4.16. The Morgan fingerprint density at radius 1 is 1.13 bits per heavy atom. The highest BCUT2D eigenvalue weighted by Gasteiger charge is 2.30. The fourth-order valence-corrected chi connectivity index (χ4v) is 3.85. The Morgan fingerprint density at radius 3 is 2.22 bits per heavy atom. The van der Waals surface area contributed by atoms with E-state index in [2.05, 4.69) is 4.72 Å². The molecular weight excluding hydrogens is 314 g/mol. The first-order valence-electron chi connectivity index (χ1n) is 8.04. The number of nitrogens with one attached hydrogen (secondary N) is 1. The van der Waals surface area contributed by atoms with Crippen molar-refractivity contribution in [1.82, 2.24) is 4.72 Å². The third-order valence-corrected chi connectivity index (χ3v) is 6.12. The number of hydrogen-bond acceptors (Lipinski definition) is 4. The van der Waals surface area contributed by atoms with E-state index >= 15 is 0 Å². The first-order chi connectivity index (χ1) is 10.9. The zero-order valence-electron chi connectivity index (χ0n) is 14.5. The Balaban J connectivity index is 0.00000127. The number of aliphatic hydroxyl groups is 1. The maximum absolute atomic E-state index is 12.1. The van der Waals surface area contributed by atoms with Gasteiger partial charge in [-0.05, 0) is 44.4 Å². The van der Waals surface area contributed by atoms with Gasteiger partial charge in [-0.2, -0.15) is 0 Å². The van der Waals surface area contributed by atoms with E-state index < -0.39 is 15.3 Å². The summed E-state index contributed by atoms with van der Waals surface area (Å²) < 4.78 is 32.4. The van der Waals surface area contributed by atoms with Crippen molar-refractivity contribution in [3.63, 3.8) is 0 Å². The van der Waals surface area contributed by atoms with E-state index in [9.17, 15) is 8.42 Å². The molecule has 2 N–H and O–H groups in total. The summed E-state index contributed by atoms with van der Waals surface area (Å²) in [5.74, 6) is 1.08. The molecule has 2 atom stereocenters. The third kappa shape index (κ3) is 5.48. The van der Waals surface area contributed by atoms with Gasteiger partial charge in [-0.15, -0.1) is 0 Å². The molecule has 2 unspecified atom stereocenters. The van der Waals surface area contributed by atoms with Crippen molar-refractivity contribution in [3.8, 4) is 5.75 Å². The number of hydrogen-bond donors (Lipinski definition) is 2. The van der Waals surface area contributed by atoms with Crippen LogP contribution in [0.15, 0.2) is 24.3 Å². The Morgan fingerprint density at radius 2 is 1.70 bits per heavy atom. The van der Waals surface area contributed by atoms with Crippen LogP contribution < -0.4 is 9.46 Å². The molecule has 0 amide bonds. The molecule has 0 heterocycles. The van der Waals surface area contributed by atoms with E-state index in [4.69, 9.17) is 9.84 Å². The lowest BCUT2D eigenvalue weighted by atomic mass is 9.80. The van der Waals surface area contributed by atoms with Crippen LogP contribution in [-0.2, 0) is 10.0 Å². The number of sulfonamides is 1. The summed E-state index contributed by atoms with van der Waals surface area (Å²) in [7, 11) is -0.578. The van der Waals surface area contributed by atoms with Gasteiger partial charge < -0.3 is 9.84 Å². The van der Waals surface area contributed by atoms with Gasteiger partial charge in [-0.1, -0.05) is 25.0 Å². The maximum atomic E-state index is 12.1. The minimum atomic E-state index is -3.23. The van der Waals surface area contributed by atoms with Crippen LogP contribution in [0.25, 0.3) is 0 Å². The average molecular weight is 343 g/mol. The highest BCUT2D eigenvalue weighted by atomic mass is 32.2. The molecule has 1 aromatic rings. The number of ether oxygens (including phenoxy) is 1. The molecular formula is C17H29NO4S. The maximum Gasteiger partial charge on any atom is 0.214 e. The zero-order valence-corrected chi connectivity index (χ0v) is 15.3. The Labute approximate surface area is 140 Å². The first-order valence-corrected chi connectivity index (χ1v) is 9.58. The van der Waals surface area contributed by atoms with Gasteiger partial charge in [0.05, 0.1) is 12.4 Å². The molecule has 0 saturated heterocycles. The van der Waals surface area contributed by atoms with Crippen LogP contribution in [0.1, 0.15) is 51.0 Å². The van der Waals surface area contributed by atoms with E-state index in [-0.39, 0.29) is 12.0 Å². The summed E-state index contributed by atoms with van der Waals surface area (Å²) in [5, 5.41) is 6.61. The molecule has 1 fully saturated rings. The predicted octanol–water partition coefficient (Wildman–Crippen LogP) is 2.66. The lowest BCUT2D eigenvalue weighted by molar-refractivity contribution is 0.360. The van der Waals surface area contributed by atoms with Crippen molar-refractivity contribution in [1.29, 1.82) is 0 Å². The molecule has 2 rings (SSSR count). The summed E-state index contributed by atoms with van der Waals surface area (Å²) in [5.41, 5.74) is 1.19. The van der Waals surface area contributed by atoms with Crippen LogP contribution in [-0.4, -0.2) is 39.0 Å². The molecule has 23 heavy (non-hydrogen) atoms. The Bertz CT molecular complexity index is 554. The highest BCUT2D eigenvalue weighted by Crippen LogP contribution is 2.34. The second-order valence-corrected chi connectivity index (χ2v) is 8.25. The van der Waals surface area contributed by atoms with Crippen LogP contribution in [0.4, 0.5) is 0 Å². The predicted molar refractivity (Wildman–Crippen MR) is 93.3 cm³/mol. The lowest BCUT2D eigenvalue weighted by Gasteiger charge is -2.33. The van der Waals surface area contributed by atoms with Crippen molar-refractivity contribution < 1.29 is 18.3 Å². The minimum absolute atomic E-state index is 0.000421. The molecule has 1 aliphatic rings. The number of methoxy groups -OCH3 is 1. The normalized spacial score (nSPS) is 21.5. The molecule has 1 aromatic carbocycles. The smallest absolute Gasteiger partial charge is 0.214 e. The van der Waals surface area contributed by atoms with Crippen LogP contribution in [0, 0.1) is 0 Å². The van der Waals surface area contributed by atoms with Gasteiger partial charge in [0.25, 0.3) is 0 Å². The van der Waals surface area contributed by atoms with Gasteiger partial charge in [-0.3, -0.25) is 0 Å². The summed E-state index contributed by atoms with van der Waals surface area (Å²) in [4.78, 5) is 0. The van der Waals surface area contributed by atoms with Crippen LogP contribution in [0.5, 0.6) is 5.75 Å². The molecule has 0 radical (unpaired) electrons. The molecule has 1 aliphatic carbocycles. The van der Waals surface area contributed by atoms with E-state index in [0.29, 0.717) is 0 Å². The Kier molecular flexibility index (Phi) is 8.02. The largest absolute Gasteiger partial charge is 0.497 e. The quantitative estimate of drug-likeness (QED) is 0.862. The van der Waals surface area contributed by atoms with Crippen molar-refractivity contribution in [2.75, 3.05) is 14.2 Å². The van der Waals surface area contributed by atoms with Gasteiger partial charge in [0.2, 0.25) is 10.0 Å². The summed E-state index contributed by atoms with van der Waals surface area (Å²) in [6.45, 7) is 3.43. The Hall–Kier alpha value is -1.11. The molecule has 1 saturated carbocycles. The fraction of sp³-hybridized carbons (Fsp3) is 0.647. The van der Waals surface area contributed by atoms with Gasteiger partial charge in [0, 0.05) is 19.1 Å². The van der Waals surface area contributed by atoms with Crippen molar-refractivity contribution >= 4 is 10.0 Å². The van der Waals surface area contributed by atoms with E-state index in [1.807, 2.05) is 24.3 Å². The zero-order chi connectivity index (χ0) is 17.5. The summed E-state index contributed by atoms with van der Waals surface area (Å²) in [6, 6.07) is 7.98. The third-order valence-electron chi connectivity index (χ3n) is 4.25. The number of rotatable bonds is 5. The van der Waals surface area contributed by atoms with E-state index in [0.717, 1.165) is 38.5 Å². The molecule has 6 heteroatoms. The topological polar surface area (TPSA) is 75.6 Å². The van der Waals surface area contributed by atoms with E-state index in [1.54, 1.807) is 21.0 Å². The van der Waals surface area contributed by atoms with Gasteiger partial charge in [-0.25, -0.2) is 13.1 Å². The standard InChI is InChI=1S/C16H25NO3S.CH4O/c1-12(2)21(18,19)17-16-7-5-4-6-15(16)13-8-10-14(20-3)11-9-13;1-2/h8-12,15-17H,4-7H2,1-3H3;2H,1H3. The van der Waals surface area contributed by atoms with Crippen molar-refractivity contribution in [2.45, 2.75) is 56.7 Å². The number of benzene rings is 1. The molecule has 132 valence electrons. The van der Waals surface area contributed by atoms with E-state index in [1.165, 1.54) is 5.56 Å². The molecule has 5 nitrogen and oxygen atoms in total. The lowest BCUT2D eigenvalue weighted by Crippen LogP contribution is -2.43. The summed E-state index contributed by atoms with van der Waals surface area (Å²) >= 11 is 0. The van der Waals surface area contributed by atoms with Crippen molar-refractivity contribution in [2.24, 2.45) is 0 Å². The second-order valence-electron chi connectivity index (χ2n) is 5.98. The average Bonchev–Trinajstić information content (AvgIpc) is 2.57. The van der Waals surface area contributed by atoms with Crippen molar-refractivity contribution in [3.05, 3.63) is 29.8 Å². The fourth-order valence-electron chi connectivity index (χ4n) is 2.87. The molecule has 0 spiro atoms. The molecule has 0 aliphatic heterocycles. The van der Waals surface area contributed by atoms with Crippen LogP contribution in [0.2, 0.25) is 0 Å². The van der Waals surface area contributed by atoms with Gasteiger partial charge >= 0.3 is 0 Å². The van der Waals surface area contributed by atoms with Crippen LogP contribution in [0.3, 0.4) is 0 Å². The second kappa shape index (κ2) is 9.25. The first kappa shape index (κ1) is 19.9. The highest BCUT2D eigenvalue weighted by molar-refractivity contribution is 7.90. The van der Waals surface area contributed by atoms with Gasteiger partial charge in [0.15, 0.2) is 0 Å². The van der Waals surface area contributed by atoms with Gasteiger partial charge in [0.1, 0.15) is 5.75 Å².